The number of hydrogen-bond acceptors (Lipinski definition) is 7. The number of fused-ring (bicyclic) bond motifs is 1. The van der Waals surface area contributed by atoms with Gasteiger partial charge in [0.2, 0.25) is 0 Å². The number of piperazine rings is 1. The number of aromatic nitrogens is 2. The molecule has 4 N–H and O–H groups in total. The van der Waals surface area contributed by atoms with Crippen LogP contribution in [0.2, 0.25) is 0 Å². The fourth-order valence-electron chi connectivity index (χ4n) is 5.13. The van der Waals surface area contributed by atoms with Gasteiger partial charge in [-0.15, -0.1) is 0 Å². The first-order valence-corrected chi connectivity index (χ1v) is 12.1. The van der Waals surface area contributed by atoms with Crippen molar-refractivity contribution in [2.75, 3.05) is 44.2 Å². The minimum Gasteiger partial charge on any atom is -0.394 e. The molecule has 0 spiro atoms. The molecule has 0 bridgehead atoms. The Balaban J connectivity index is 1.23. The number of rotatable bonds is 6. The van der Waals surface area contributed by atoms with Gasteiger partial charge >= 0.3 is 6.18 Å². The Labute approximate surface area is 210 Å². The molecule has 0 radical (unpaired) electrons. The van der Waals surface area contributed by atoms with Crippen LogP contribution in [-0.2, 0) is 10.9 Å². The summed E-state index contributed by atoms with van der Waals surface area (Å²) < 4.78 is 45.3. The van der Waals surface area contributed by atoms with Gasteiger partial charge < -0.3 is 30.2 Å². The molecular formula is C25H28F3N5O4. The van der Waals surface area contributed by atoms with Gasteiger partial charge in [-0.05, 0) is 36.4 Å². The summed E-state index contributed by atoms with van der Waals surface area (Å²) in [7, 11) is 0. The Morgan fingerprint density at radius 1 is 1.14 bits per heavy atom. The highest BCUT2D eigenvalue weighted by Crippen LogP contribution is 2.32. The first-order valence-electron chi connectivity index (χ1n) is 12.1. The lowest BCUT2D eigenvalue weighted by Gasteiger charge is -2.41. The third-order valence-corrected chi connectivity index (χ3v) is 7.06. The summed E-state index contributed by atoms with van der Waals surface area (Å²) in [6.45, 7) is 1.60. The first-order chi connectivity index (χ1) is 17.7. The van der Waals surface area contributed by atoms with Crippen molar-refractivity contribution in [3.8, 4) is 0 Å². The van der Waals surface area contributed by atoms with Gasteiger partial charge in [0.1, 0.15) is 12.2 Å². The SMILES string of the molecule is O=C(NCC1OC(CO)C(O)C1N1CCN(c2cccc(C(F)(F)F)c2)CC1)c1ccc2nc[nH]c2c1. The van der Waals surface area contributed by atoms with Crippen LogP contribution in [0.1, 0.15) is 15.9 Å². The zero-order valence-electron chi connectivity index (χ0n) is 19.9. The van der Waals surface area contributed by atoms with E-state index in [9.17, 15) is 28.2 Å². The molecule has 3 aromatic rings. The highest BCUT2D eigenvalue weighted by Gasteiger charge is 2.46. The first kappa shape index (κ1) is 25.5. The van der Waals surface area contributed by atoms with E-state index in [0.29, 0.717) is 37.4 Å². The summed E-state index contributed by atoms with van der Waals surface area (Å²) in [5, 5.41) is 23.4. The molecule has 1 aromatic heterocycles. The Bertz CT molecular complexity index is 1240. The van der Waals surface area contributed by atoms with Crippen LogP contribution in [0.25, 0.3) is 11.0 Å². The number of halogens is 3. The monoisotopic (exact) mass is 519 g/mol. The number of amides is 1. The van der Waals surface area contributed by atoms with Crippen molar-refractivity contribution in [1.29, 1.82) is 0 Å². The van der Waals surface area contributed by atoms with Crippen molar-refractivity contribution in [2.24, 2.45) is 0 Å². The fraction of sp³-hybridized carbons (Fsp3) is 0.440. The van der Waals surface area contributed by atoms with E-state index in [1.54, 1.807) is 30.6 Å². The molecule has 1 amide bonds. The smallest absolute Gasteiger partial charge is 0.394 e. The summed E-state index contributed by atoms with van der Waals surface area (Å²) in [6.07, 6.45) is -5.22. The maximum Gasteiger partial charge on any atom is 0.416 e. The molecule has 37 heavy (non-hydrogen) atoms. The quantitative estimate of drug-likeness (QED) is 0.392. The summed E-state index contributed by atoms with van der Waals surface area (Å²) in [5.41, 5.74) is 1.72. The van der Waals surface area contributed by atoms with E-state index in [4.69, 9.17) is 4.74 Å². The molecule has 0 saturated carbocycles. The minimum absolute atomic E-state index is 0.117. The van der Waals surface area contributed by atoms with Gasteiger partial charge in [-0.2, -0.15) is 13.2 Å². The van der Waals surface area contributed by atoms with Crippen LogP contribution < -0.4 is 10.2 Å². The van der Waals surface area contributed by atoms with Gasteiger partial charge in [-0.3, -0.25) is 9.69 Å². The number of alkyl halides is 3. The number of aliphatic hydroxyl groups excluding tert-OH is 2. The largest absolute Gasteiger partial charge is 0.416 e. The van der Waals surface area contributed by atoms with E-state index in [0.717, 1.165) is 23.2 Å². The molecule has 0 aliphatic carbocycles. The summed E-state index contributed by atoms with van der Waals surface area (Å²) in [4.78, 5) is 23.8. The van der Waals surface area contributed by atoms with Crippen LogP contribution in [0.15, 0.2) is 48.8 Å². The van der Waals surface area contributed by atoms with Gasteiger partial charge in [0.15, 0.2) is 0 Å². The van der Waals surface area contributed by atoms with Crippen LogP contribution in [0, 0.1) is 0 Å². The van der Waals surface area contributed by atoms with Crippen molar-refractivity contribution in [3.05, 3.63) is 59.9 Å². The molecule has 3 heterocycles. The number of hydrogen-bond donors (Lipinski definition) is 4. The van der Waals surface area contributed by atoms with Crippen molar-refractivity contribution in [2.45, 2.75) is 30.5 Å². The van der Waals surface area contributed by atoms with Gasteiger partial charge in [0.05, 0.1) is 41.7 Å². The summed E-state index contributed by atoms with van der Waals surface area (Å²) in [6, 6.07) is 9.86. The lowest BCUT2D eigenvalue weighted by Crippen LogP contribution is -2.57. The second kappa shape index (κ2) is 10.3. The number of ether oxygens (including phenoxy) is 1. The second-order valence-corrected chi connectivity index (χ2v) is 9.29. The summed E-state index contributed by atoms with van der Waals surface area (Å²) >= 11 is 0. The van der Waals surface area contributed by atoms with Crippen molar-refractivity contribution >= 4 is 22.6 Å². The van der Waals surface area contributed by atoms with Gasteiger partial charge in [-0.25, -0.2) is 4.98 Å². The lowest BCUT2D eigenvalue weighted by molar-refractivity contribution is -0.137. The normalized spacial score (nSPS) is 25.1. The third kappa shape index (κ3) is 5.28. The Kier molecular flexibility index (Phi) is 7.08. The number of H-pyrrole nitrogens is 1. The van der Waals surface area contributed by atoms with E-state index in [-0.39, 0.29) is 19.1 Å². The maximum atomic E-state index is 13.1. The molecule has 4 atom stereocenters. The molecule has 2 fully saturated rings. The second-order valence-electron chi connectivity index (χ2n) is 9.29. The van der Waals surface area contributed by atoms with Gasteiger partial charge in [-0.1, -0.05) is 6.07 Å². The molecule has 5 rings (SSSR count). The average Bonchev–Trinajstić information content (AvgIpc) is 3.50. The number of carbonyl (C=O) groups excluding carboxylic acids is 1. The number of nitrogens with zero attached hydrogens (tertiary/aromatic N) is 3. The van der Waals surface area contributed by atoms with Gasteiger partial charge in [0.25, 0.3) is 5.91 Å². The van der Waals surface area contributed by atoms with Gasteiger partial charge in [0, 0.05) is 44.0 Å². The molecular weight excluding hydrogens is 491 g/mol. The highest BCUT2D eigenvalue weighted by atomic mass is 19.4. The Hall–Kier alpha value is -3.19. The maximum absolute atomic E-state index is 13.1. The molecule has 2 aliphatic rings. The zero-order valence-corrected chi connectivity index (χ0v) is 19.9. The number of aromatic amines is 1. The molecule has 9 nitrogen and oxygen atoms in total. The number of imidazole rings is 1. The lowest BCUT2D eigenvalue weighted by atomic mass is 10.0. The van der Waals surface area contributed by atoms with Crippen LogP contribution in [0.4, 0.5) is 18.9 Å². The van der Waals surface area contributed by atoms with E-state index >= 15 is 0 Å². The molecule has 2 aliphatic heterocycles. The standard InChI is InChI=1S/C25H28F3N5O4/c26-25(27,28)16-2-1-3-17(11-16)32-6-8-33(9-7-32)22-20(37-21(13-34)23(22)35)12-29-24(36)15-4-5-18-19(10-15)31-14-30-18/h1-5,10-11,14,20-23,34-35H,6-9,12-13H2,(H,29,36)(H,30,31). The summed E-state index contributed by atoms with van der Waals surface area (Å²) in [5.74, 6) is -0.310. The fourth-order valence-corrected chi connectivity index (χ4v) is 5.13. The average molecular weight is 520 g/mol. The van der Waals surface area contributed by atoms with Crippen molar-refractivity contribution in [1.82, 2.24) is 20.2 Å². The molecule has 12 heteroatoms. The highest BCUT2D eigenvalue weighted by molar-refractivity contribution is 5.97. The number of aliphatic hydroxyl groups is 2. The molecule has 2 aromatic carbocycles. The van der Waals surface area contributed by atoms with E-state index in [2.05, 4.69) is 15.3 Å². The van der Waals surface area contributed by atoms with Crippen LogP contribution >= 0.6 is 0 Å². The molecule has 4 unspecified atom stereocenters. The zero-order chi connectivity index (χ0) is 26.2. The minimum atomic E-state index is -4.41. The molecule has 2 saturated heterocycles. The van der Waals surface area contributed by atoms with Crippen LogP contribution in [0.5, 0.6) is 0 Å². The third-order valence-electron chi connectivity index (χ3n) is 7.06. The predicted molar refractivity (Wildman–Crippen MR) is 129 cm³/mol. The molecule has 198 valence electrons. The van der Waals surface area contributed by atoms with E-state index in [1.807, 2.05) is 9.80 Å². The number of carbonyl (C=O) groups is 1. The Morgan fingerprint density at radius 2 is 1.92 bits per heavy atom. The van der Waals surface area contributed by atoms with E-state index < -0.39 is 36.1 Å². The van der Waals surface area contributed by atoms with E-state index in [1.165, 1.54) is 6.07 Å². The number of nitrogens with one attached hydrogen (secondary N) is 2. The number of anilines is 1. The van der Waals surface area contributed by atoms with Crippen molar-refractivity contribution in [3.63, 3.8) is 0 Å². The Morgan fingerprint density at radius 3 is 2.65 bits per heavy atom. The topological polar surface area (TPSA) is 114 Å². The number of benzene rings is 2. The predicted octanol–water partition coefficient (Wildman–Crippen LogP) is 1.62. The van der Waals surface area contributed by atoms with Crippen LogP contribution in [0.3, 0.4) is 0 Å². The van der Waals surface area contributed by atoms with Crippen LogP contribution in [-0.4, -0.2) is 94.7 Å². The van der Waals surface area contributed by atoms with Crippen molar-refractivity contribution < 1.29 is 32.9 Å².